The molecule has 0 nitrogen and oxygen atoms in total. The molecule has 0 saturated heterocycles. The maximum atomic E-state index is 2.48. The van der Waals surface area contributed by atoms with Gasteiger partial charge in [-0.1, -0.05) is 47.0 Å². The fraction of sp³-hybridized carbons (Fsp3) is 1.00. The molecule has 0 aliphatic heterocycles. The molecule has 1 saturated carbocycles. The quantitative estimate of drug-likeness (QED) is 0.564. The highest BCUT2D eigenvalue weighted by atomic mass is 14.5. The van der Waals surface area contributed by atoms with Crippen LogP contribution in [0, 0.1) is 10.8 Å². The zero-order chi connectivity index (χ0) is 8.54. The Morgan fingerprint density at radius 2 is 1.27 bits per heavy atom. The molecular weight excluding hydrogens is 132 g/mol. The first-order valence-electron chi connectivity index (χ1n) is 5.08. The van der Waals surface area contributed by atoms with Crippen molar-refractivity contribution in [2.45, 2.75) is 59.8 Å². The Balaban J connectivity index is 2.79. The maximum absolute atomic E-state index is 2.48. The van der Waals surface area contributed by atoms with Gasteiger partial charge in [0.25, 0.3) is 0 Å². The Morgan fingerprint density at radius 1 is 0.909 bits per heavy atom. The first-order valence-corrected chi connectivity index (χ1v) is 5.08. The molecule has 2 atom stereocenters. The van der Waals surface area contributed by atoms with Crippen molar-refractivity contribution in [2.24, 2.45) is 10.8 Å². The van der Waals surface area contributed by atoms with Crippen LogP contribution < -0.4 is 0 Å². The minimum atomic E-state index is 0.641. The van der Waals surface area contributed by atoms with Crippen LogP contribution in [0.25, 0.3) is 0 Å². The van der Waals surface area contributed by atoms with E-state index in [1.807, 2.05) is 0 Å². The number of hydrogen-bond donors (Lipinski definition) is 0. The van der Waals surface area contributed by atoms with Crippen molar-refractivity contribution in [3.05, 3.63) is 0 Å². The van der Waals surface area contributed by atoms with Crippen LogP contribution in [0.4, 0.5) is 0 Å². The standard InChI is InChI=1S/C11H22/c1-5-10(3)8-7-9-11(10,4)6-2/h5-9H2,1-4H3. The Kier molecular flexibility index (Phi) is 2.32. The third-order valence-electron chi connectivity index (χ3n) is 4.47. The fourth-order valence-corrected chi connectivity index (χ4v) is 2.68. The predicted octanol–water partition coefficient (Wildman–Crippen LogP) is 4.00. The van der Waals surface area contributed by atoms with Crippen molar-refractivity contribution in [3.8, 4) is 0 Å². The highest BCUT2D eigenvalue weighted by Crippen LogP contribution is 2.56. The maximum Gasteiger partial charge on any atom is -0.0275 e. The summed E-state index contributed by atoms with van der Waals surface area (Å²) in [5, 5.41) is 0. The van der Waals surface area contributed by atoms with Crippen molar-refractivity contribution in [1.82, 2.24) is 0 Å². The first-order chi connectivity index (χ1) is 5.08. The van der Waals surface area contributed by atoms with Gasteiger partial charge < -0.3 is 0 Å². The van der Waals surface area contributed by atoms with Gasteiger partial charge in [0.15, 0.2) is 0 Å². The van der Waals surface area contributed by atoms with Gasteiger partial charge in [-0.15, -0.1) is 0 Å². The molecule has 0 radical (unpaired) electrons. The summed E-state index contributed by atoms with van der Waals surface area (Å²) in [7, 11) is 0. The van der Waals surface area contributed by atoms with Crippen LogP contribution in [0.3, 0.4) is 0 Å². The molecule has 0 aromatic heterocycles. The normalized spacial score (nSPS) is 44.7. The van der Waals surface area contributed by atoms with E-state index >= 15 is 0 Å². The highest BCUT2D eigenvalue weighted by molar-refractivity contribution is 4.95. The highest BCUT2D eigenvalue weighted by Gasteiger charge is 2.45. The molecule has 66 valence electrons. The van der Waals surface area contributed by atoms with E-state index in [0.717, 1.165) is 0 Å². The lowest BCUT2D eigenvalue weighted by Gasteiger charge is -2.40. The van der Waals surface area contributed by atoms with E-state index in [1.54, 1.807) is 0 Å². The molecule has 0 heteroatoms. The third-order valence-corrected chi connectivity index (χ3v) is 4.47. The van der Waals surface area contributed by atoms with Gasteiger partial charge in [0.05, 0.1) is 0 Å². The van der Waals surface area contributed by atoms with Crippen molar-refractivity contribution < 1.29 is 0 Å². The summed E-state index contributed by atoms with van der Waals surface area (Å²) in [4.78, 5) is 0. The second-order valence-corrected chi connectivity index (χ2v) is 4.68. The average Bonchev–Trinajstić information content (AvgIpc) is 2.31. The summed E-state index contributed by atoms with van der Waals surface area (Å²) in [6.07, 6.45) is 7.07. The monoisotopic (exact) mass is 154 g/mol. The zero-order valence-corrected chi connectivity index (χ0v) is 8.54. The molecular formula is C11H22. The lowest BCUT2D eigenvalue weighted by Crippen LogP contribution is -2.30. The second-order valence-electron chi connectivity index (χ2n) is 4.68. The Hall–Kier alpha value is 0. The van der Waals surface area contributed by atoms with E-state index in [2.05, 4.69) is 27.7 Å². The smallest absolute Gasteiger partial charge is 0.0275 e. The molecule has 1 aliphatic rings. The van der Waals surface area contributed by atoms with Crippen LogP contribution in [0.5, 0.6) is 0 Å². The van der Waals surface area contributed by atoms with Crippen LogP contribution >= 0.6 is 0 Å². The molecule has 1 rings (SSSR count). The largest absolute Gasteiger partial charge is 0.0648 e. The molecule has 11 heavy (non-hydrogen) atoms. The second kappa shape index (κ2) is 2.80. The lowest BCUT2D eigenvalue weighted by molar-refractivity contribution is 0.0998. The number of hydrogen-bond acceptors (Lipinski definition) is 0. The molecule has 0 heterocycles. The number of rotatable bonds is 2. The van der Waals surface area contributed by atoms with E-state index in [-0.39, 0.29) is 0 Å². The van der Waals surface area contributed by atoms with E-state index in [1.165, 1.54) is 32.1 Å². The van der Waals surface area contributed by atoms with E-state index in [0.29, 0.717) is 10.8 Å². The Labute approximate surface area is 71.4 Å². The van der Waals surface area contributed by atoms with Crippen LogP contribution in [-0.4, -0.2) is 0 Å². The van der Waals surface area contributed by atoms with Gasteiger partial charge in [-0.2, -0.15) is 0 Å². The summed E-state index contributed by atoms with van der Waals surface area (Å²) in [6, 6.07) is 0. The van der Waals surface area contributed by atoms with E-state index in [4.69, 9.17) is 0 Å². The first kappa shape index (κ1) is 9.09. The predicted molar refractivity (Wildman–Crippen MR) is 50.6 cm³/mol. The van der Waals surface area contributed by atoms with Crippen molar-refractivity contribution in [3.63, 3.8) is 0 Å². The van der Waals surface area contributed by atoms with Gasteiger partial charge in [0, 0.05) is 0 Å². The summed E-state index contributed by atoms with van der Waals surface area (Å²) < 4.78 is 0. The summed E-state index contributed by atoms with van der Waals surface area (Å²) in [6.45, 7) is 9.64. The van der Waals surface area contributed by atoms with E-state index < -0.39 is 0 Å². The van der Waals surface area contributed by atoms with Crippen LogP contribution in [-0.2, 0) is 0 Å². The SMILES string of the molecule is CCC1(C)CCCC1(C)CC. The summed E-state index contributed by atoms with van der Waals surface area (Å²) in [5.41, 5.74) is 1.28. The Bertz CT molecular complexity index is 123. The van der Waals surface area contributed by atoms with Gasteiger partial charge in [-0.25, -0.2) is 0 Å². The molecule has 0 aromatic carbocycles. The van der Waals surface area contributed by atoms with Gasteiger partial charge in [0.2, 0.25) is 0 Å². The van der Waals surface area contributed by atoms with E-state index in [9.17, 15) is 0 Å². The molecule has 1 aliphatic carbocycles. The van der Waals surface area contributed by atoms with Crippen LogP contribution in [0.2, 0.25) is 0 Å². The zero-order valence-electron chi connectivity index (χ0n) is 8.54. The van der Waals surface area contributed by atoms with Gasteiger partial charge >= 0.3 is 0 Å². The van der Waals surface area contributed by atoms with Crippen molar-refractivity contribution >= 4 is 0 Å². The van der Waals surface area contributed by atoms with Crippen LogP contribution in [0.1, 0.15) is 59.8 Å². The average molecular weight is 154 g/mol. The molecule has 0 amide bonds. The minimum absolute atomic E-state index is 0.641. The molecule has 2 unspecified atom stereocenters. The Morgan fingerprint density at radius 3 is 1.55 bits per heavy atom. The van der Waals surface area contributed by atoms with Gasteiger partial charge in [0.1, 0.15) is 0 Å². The minimum Gasteiger partial charge on any atom is -0.0648 e. The third kappa shape index (κ3) is 1.21. The van der Waals surface area contributed by atoms with Gasteiger partial charge in [-0.05, 0) is 23.7 Å². The van der Waals surface area contributed by atoms with Crippen LogP contribution in [0.15, 0.2) is 0 Å². The molecule has 0 spiro atoms. The molecule has 1 fully saturated rings. The fourth-order valence-electron chi connectivity index (χ4n) is 2.68. The van der Waals surface area contributed by atoms with Gasteiger partial charge in [-0.3, -0.25) is 0 Å². The molecule has 0 bridgehead atoms. The van der Waals surface area contributed by atoms with Crippen molar-refractivity contribution in [1.29, 1.82) is 0 Å². The topological polar surface area (TPSA) is 0 Å². The molecule has 0 N–H and O–H groups in total. The molecule has 0 aromatic rings. The summed E-state index contributed by atoms with van der Waals surface area (Å²) in [5.74, 6) is 0. The lowest BCUT2D eigenvalue weighted by atomic mass is 9.65. The summed E-state index contributed by atoms with van der Waals surface area (Å²) >= 11 is 0. The van der Waals surface area contributed by atoms with Crippen molar-refractivity contribution in [2.75, 3.05) is 0 Å².